The monoisotopic (exact) mass is 260 g/mol. The predicted molar refractivity (Wildman–Crippen MR) is 82.5 cm³/mol. The van der Waals surface area contributed by atoms with Crippen molar-refractivity contribution in [2.45, 2.75) is 52.1 Å². The average molecular weight is 260 g/mol. The Hall–Kier alpha value is -0.860. The molecule has 2 rings (SSSR count). The molecule has 0 amide bonds. The summed E-state index contributed by atoms with van der Waals surface area (Å²) >= 11 is 0. The molecule has 0 saturated carbocycles. The molecule has 1 aliphatic heterocycles. The first-order chi connectivity index (χ1) is 9.20. The van der Waals surface area contributed by atoms with E-state index < -0.39 is 0 Å². The van der Waals surface area contributed by atoms with Crippen molar-refractivity contribution in [3.63, 3.8) is 0 Å². The molecule has 2 atom stereocenters. The van der Waals surface area contributed by atoms with E-state index in [0.29, 0.717) is 6.04 Å². The van der Waals surface area contributed by atoms with Crippen molar-refractivity contribution in [3.05, 3.63) is 35.4 Å². The van der Waals surface area contributed by atoms with Gasteiger partial charge in [-0.15, -0.1) is 0 Å². The molecule has 1 aromatic carbocycles. The Bertz CT molecular complexity index is 371. The summed E-state index contributed by atoms with van der Waals surface area (Å²) in [5, 5.41) is 3.71. The molecule has 0 aliphatic carbocycles. The van der Waals surface area contributed by atoms with Gasteiger partial charge in [-0.3, -0.25) is 4.90 Å². The van der Waals surface area contributed by atoms with Crippen LogP contribution in [0.25, 0.3) is 0 Å². The zero-order chi connectivity index (χ0) is 13.7. The largest absolute Gasteiger partial charge is 0.309 e. The lowest BCUT2D eigenvalue weighted by molar-refractivity contribution is 0.237. The normalized spacial score (nSPS) is 21.7. The standard InChI is InChI=1S/C17H28N2/c1-4-11-18-17(13-19-12-5-6-15(19)3)16-9-7-14(2)8-10-16/h7-10,15,17-18H,4-6,11-13H2,1-3H3. The van der Waals surface area contributed by atoms with Crippen LogP contribution in [0.3, 0.4) is 0 Å². The highest BCUT2D eigenvalue weighted by Gasteiger charge is 2.23. The number of nitrogens with zero attached hydrogens (tertiary/aromatic N) is 1. The van der Waals surface area contributed by atoms with Crippen molar-refractivity contribution < 1.29 is 0 Å². The van der Waals surface area contributed by atoms with Gasteiger partial charge in [0.15, 0.2) is 0 Å². The highest BCUT2D eigenvalue weighted by Crippen LogP contribution is 2.22. The molecule has 1 heterocycles. The third-order valence-electron chi connectivity index (χ3n) is 4.23. The maximum absolute atomic E-state index is 3.71. The Kier molecular flexibility index (Phi) is 5.41. The third-order valence-corrected chi connectivity index (χ3v) is 4.23. The minimum atomic E-state index is 0.473. The van der Waals surface area contributed by atoms with E-state index in [4.69, 9.17) is 0 Å². The van der Waals surface area contributed by atoms with Crippen LogP contribution in [0.1, 0.15) is 50.3 Å². The first-order valence-corrected chi connectivity index (χ1v) is 7.74. The zero-order valence-corrected chi connectivity index (χ0v) is 12.7. The molecule has 0 bridgehead atoms. The van der Waals surface area contributed by atoms with E-state index in [1.54, 1.807) is 0 Å². The molecule has 1 N–H and O–H groups in total. The predicted octanol–water partition coefficient (Wildman–Crippen LogP) is 3.52. The van der Waals surface area contributed by atoms with Crippen LogP contribution in [-0.4, -0.2) is 30.6 Å². The van der Waals surface area contributed by atoms with Gasteiger partial charge in [0.2, 0.25) is 0 Å². The number of nitrogens with one attached hydrogen (secondary N) is 1. The van der Waals surface area contributed by atoms with Gasteiger partial charge in [-0.2, -0.15) is 0 Å². The van der Waals surface area contributed by atoms with E-state index in [1.807, 2.05) is 0 Å². The van der Waals surface area contributed by atoms with Gasteiger partial charge in [0.1, 0.15) is 0 Å². The Balaban J connectivity index is 2.04. The molecule has 2 nitrogen and oxygen atoms in total. The number of rotatable bonds is 6. The molecular weight excluding hydrogens is 232 g/mol. The van der Waals surface area contributed by atoms with Crippen LogP contribution in [0.4, 0.5) is 0 Å². The summed E-state index contributed by atoms with van der Waals surface area (Å²) in [5.41, 5.74) is 2.77. The summed E-state index contributed by atoms with van der Waals surface area (Å²) in [7, 11) is 0. The van der Waals surface area contributed by atoms with Crippen molar-refractivity contribution in [1.82, 2.24) is 10.2 Å². The summed E-state index contributed by atoms with van der Waals surface area (Å²) in [5.74, 6) is 0. The van der Waals surface area contributed by atoms with Gasteiger partial charge < -0.3 is 5.32 Å². The van der Waals surface area contributed by atoms with Crippen molar-refractivity contribution in [1.29, 1.82) is 0 Å². The van der Waals surface area contributed by atoms with E-state index in [0.717, 1.165) is 19.1 Å². The second-order valence-corrected chi connectivity index (χ2v) is 5.90. The number of hydrogen-bond donors (Lipinski definition) is 1. The summed E-state index contributed by atoms with van der Waals surface area (Å²) in [6, 6.07) is 10.2. The van der Waals surface area contributed by atoms with Crippen molar-refractivity contribution >= 4 is 0 Å². The average Bonchev–Trinajstić information content (AvgIpc) is 2.81. The van der Waals surface area contributed by atoms with E-state index in [1.165, 1.54) is 36.9 Å². The van der Waals surface area contributed by atoms with Crippen LogP contribution in [0.15, 0.2) is 24.3 Å². The van der Waals surface area contributed by atoms with Gasteiger partial charge in [-0.25, -0.2) is 0 Å². The maximum atomic E-state index is 3.71. The lowest BCUT2D eigenvalue weighted by atomic mass is 10.0. The molecule has 0 radical (unpaired) electrons. The van der Waals surface area contributed by atoms with Gasteiger partial charge in [0.05, 0.1) is 0 Å². The minimum absolute atomic E-state index is 0.473. The smallest absolute Gasteiger partial charge is 0.0449 e. The summed E-state index contributed by atoms with van der Waals surface area (Å²) in [6.07, 6.45) is 3.90. The molecule has 1 saturated heterocycles. The fraction of sp³-hybridized carbons (Fsp3) is 0.647. The summed E-state index contributed by atoms with van der Waals surface area (Å²) in [6.45, 7) is 10.2. The molecule has 1 aromatic rings. The molecular formula is C17H28N2. The van der Waals surface area contributed by atoms with E-state index >= 15 is 0 Å². The maximum Gasteiger partial charge on any atom is 0.0449 e. The molecule has 2 heteroatoms. The van der Waals surface area contributed by atoms with Gasteiger partial charge >= 0.3 is 0 Å². The first kappa shape index (κ1) is 14.5. The third kappa shape index (κ3) is 4.05. The molecule has 19 heavy (non-hydrogen) atoms. The number of benzene rings is 1. The van der Waals surface area contributed by atoms with Crippen LogP contribution < -0.4 is 5.32 Å². The SMILES string of the molecule is CCCNC(CN1CCCC1C)c1ccc(C)cc1. The lowest BCUT2D eigenvalue weighted by Gasteiger charge is -2.28. The van der Waals surface area contributed by atoms with Crippen molar-refractivity contribution in [2.24, 2.45) is 0 Å². The van der Waals surface area contributed by atoms with Gasteiger partial charge in [-0.1, -0.05) is 36.8 Å². The van der Waals surface area contributed by atoms with Crippen LogP contribution in [-0.2, 0) is 0 Å². The van der Waals surface area contributed by atoms with Crippen molar-refractivity contribution in [2.75, 3.05) is 19.6 Å². The molecule has 2 unspecified atom stereocenters. The van der Waals surface area contributed by atoms with Gasteiger partial charge in [0.25, 0.3) is 0 Å². The highest BCUT2D eigenvalue weighted by atomic mass is 15.2. The molecule has 1 fully saturated rings. The quantitative estimate of drug-likeness (QED) is 0.842. The summed E-state index contributed by atoms with van der Waals surface area (Å²) in [4.78, 5) is 2.63. The van der Waals surface area contributed by atoms with Crippen molar-refractivity contribution in [3.8, 4) is 0 Å². The second-order valence-electron chi connectivity index (χ2n) is 5.90. The highest BCUT2D eigenvalue weighted by molar-refractivity contribution is 5.24. The Morgan fingerprint density at radius 1 is 1.32 bits per heavy atom. The second kappa shape index (κ2) is 7.06. The number of hydrogen-bond acceptors (Lipinski definition) is 2. The van der Waals surface area contributed by atoms with Crippen LogP contribution in [0, 0.1) is 6.92 Å². The summed E-state index contributed by atoms with van der Waals surface area (Å²) < 4.78 is 0. The number of aryl methyl sites for hydroxylation is 1. The zero-order valence-electron chi connectivity index (χ0n) is 12.7. The van der Waals surface area contributed by atoms with Crippen LogP contribution in [0.2, 0.25) is 0 Å². The Morgan fingerprint density at radius 2 is 2.05 bits per heavy atom. The molecule has 0 aromatic heterocycles. The fourth-order valence-electron chi connectivity index (χ4n) is 2.90. The van der Waals surface area contributed by atoms with Gasteiger partial charge in [0, 0.05) is 18.6 Å². The van der Waals surface area contributed by atoms with Crippen LogP contribution >= 0.6 is 0 Å². The first-order valence-electron chi connectivity index (χ1n) is 7.74. The van der Waals surface area contributed by atoms with E-state index in [-0.39, 0.29) is 0 Å². The molecule has 106 valence electrons. The topological polar surface area (TPSA) is 15.3 Å². The van der Waals surface area contributed by atoms with Gasteiger partial charge in [-0.05, 0) is 51.8 Å². The fourth-order valence-corrected chi connectivity index (χ4v) is 2.90. The Morgan fingerprint density at radius 3 is 2.63 bits per heavy atom. The lowest BCUT2D eigenvalue weighted by Crippen LogP contribution is -2.37. The molecule has 1 aliphatic rings. The number of likely N-dealkylation sites (tertiary alicyclic amines) is 1. The van der Waals surface area contributed by atoms with E-state index in [9.17, 15) is 0 Å². The van der Waals surface area contributed by atoms with E-state index in [2.05, 4.69) is 55.3 Å². The molecule has 0 spiro atoms. The van der Waals surface area contributed by atoms with Crippen LogP contribution in [0.5, 0.6) is 0 Å². The Labute approximate surface area is 118 Å². The minimum Gasteiger partial charge on any atom is -0.309 e.